The first-order valence-electron chi connectivity index (χ1n) is 6.32. The van der Waals surface area contributed by atoms with Gasteiger partial charge in [-0.15, -0.1) is 0 Å². The Labute approximate surface area is 104 Å². The number of Topliss-reactive ketones (excluding diaryl/α,β-unsaturated/α-hetero) is 1. The summed E-state index contributed by atoms with van der Waals surface area (Å²) in [5.74, 6) is 0.460. The Hall–Kier alpha value is -0.900. The second-order valence-electron chi connectivity index (χ2n) is 5.84. The summed E-state index contributed by atoms with van der Waals surface area (Å²) in [4.78, 5) is 27.1. The number of nitrogens with zero attached hydrogens (tertiary/aromatic N) is 2. The third-order valence-corrected chi connectivity index (χ3v) is 3.08. The molecule has 1 aliphatic rings. The maximum Gasteiger partial charge on any atom is 0.228 e. The van der Waals surface area contributed by atoms with Crippen molar-refractivity contribution in [1.82, 2.24) is 9.80 Å². The van der Waals surface area contributed by atoms with Crippen LogP contribution in [0.5, 0.6) is 0 Å². The van der Waals surface area contributed by atoms with Crippen LogP contribution in [0.4, 0.5) is 0 Å². The zero-order valence-electron chi connectivity index (χ0n) is 11.5. The third kappa shape index (κ3) is 4.46. The van der Waals surface area contributed by atoms with Gasteiger partial charge in [0.05, 0.1) is 0 Å². The molecule has 17 heavy (non-hydrogen) atoms. The summed E-state index contributed by atoms with van der Waals surface area (Å²) in [7, 11) is 0. The van der Waals surface area contributed by atoms with E-state index in [0.29, 0.717) is 6.42 Å². The fraction of sp³-hybridized carbons (Fsp3) is 0.846. The van der Waals surface area contributed by atoms with Crippen molar-refractivity contribution in [3.05, 3.63) is 0 Å². The first-order chi connectivity index (χ1) is 7.80. The molecule has 1 saturated heterocycles. The van der Waals surface area contributed by atoms with Gasteiger partial charge in [0.25, 0.3) is 0 Å². The molecule has 0 aliphatic carbocycles. The first-order valence-corrected chi connectivity index (χ1v) is 6.32. The Morgan fingerprint density at radius 3 is 2.00 bits per heavy atom. The smallest absolute Gasteiger partial charge is 0.228 e. The van der Waals surface area contributed by atoms with E-state index < -0.39 is 0 Å². The predicted molar refractivity (Wildman–Crippen MR) is 67.8 cm³/mol. The van der Waals surface area contributed by atoms with Crippen molar-refractivity contribution in [2.45, 2.75) is 34.1 Å². The Balaban J connectivity index is 2.36. The van der Waals surface area contributed by atoms with Gasteiger partial charge in [-0.1, -0.05) is 20.8 Å². The fourth-order valence-corrected chi connectivity index (χ4v) is 1.96. The molecule has 0 aromatic heterocycles. The van der Waals surface area contributed by atoms with Crippen LogP contribution in [0.2, 0.25) is 0 Å². The summed E-state index contributed by atoms with van der Waals surface area (Å²) in [5.41, 5.74) is -0.290. The molecule has 4 heteroatoms. The van der Waals surface area contributed by atoms with Gasteiger partial charge in [-0.3, -0.25) is 14.5 Å². The second kappa shape index (κ2) is 5.63. The van der Waals surface area contributed by atoms with Gasteiger partial charge in [-0.25, -0.2) is 0 Å². The highest BCUT2D eigenvalue weighted by Gasteiger charge is 2.29. The van der Waals surface area contributed by atoms with E-state index >= 15 is 0 Å². The molecule has 0 N–H and O–H groups in total. The minimum Gasteiger partial charge on any atom is -0.340 e. The lowest BCUT2D eigenvalue weighted by molar-refractivity contribution is -0.141. The molecule has 0 aromatic carbocycles. The largest absolute Gasteiger partial charge is 0.340 e. The zero-order valence-corrected chi connectivity index (χ0v) is 11.5. The van der Waals surface area contributed by atoms with Crippen LogP contribution in [-0.2, 0) is 9.59 Å². The zero-order chi connectivity index (χ0) is 13.1. The molecular weight excluding hydrogens is 216 g/mol. The molecule has 1 aliphatic heterocycles. The van der Waals surface area contributed by atoms with Gasteiger partial charge in [0.2, 0.25) is 5.91 Å². The highest BCUT2D eigenvalue weighted by atomic mass is 16.2. The molecule has 4 nitrogen and oxygen atoms in total. The van der Waals surface area contributed by atoms with Gasteiger partial charge < -0.3 is 4.90 Å². The van der Waals surface area contributed by atoms with Crippen LogP contribution < -0.4 is 0 Å². The van der Waals surface area contributed by atoms with E-state index in [1.807, 2.05) is 25.7 Å². The molecule has 0 radical (unpaired) electrons. The number of amides is 1. The standard InChI is InChI=1S/C13H24N2O2/c1-11(16)5-6-14-7-9-15(10-8-14)12(17)13(2,3)4/h5-10H2,1-4H3. The van der Waals surface area contributed by atoms with Crippen molar-refractivity contribution in [3.63, 3.8) is 0 Å². The Bertz CT molecular complexity index is 286. The molecule has 0 aromatic rings. The first kappa shape index (κ1) is 14.2. The lowest BCUT2D eigenvalue weighted by Gasteiger charge is -2.37. The van der Waals surface area contributed by atoms with Crippen LogP contribution in [0.25, 0.3) is 0 Å². The Morgan fingerprint density at radius 1 is 1.06 bits per heavy atom. The van der Waals surface area contributed by atoms with Gasteiger partial charge in [0, 0.05) is 44.6 Å². The Morgan fingerprint density at radius 2 is 1.59 bits per heavy atom. The number of hydrogen-bond donors (Lipinski definition) is 0. The van der Waals surface area contributed by atoms with E-state index in [1.165, 1.54) is 0 Å². The van der Waals surface area contributed by atoms with E-state index in [0.717, 1.165) is 32.7 Å². The number of carbonyl (C=O) groups is 2. The maximum atomic E-state index is 12.0. The van der Waals surface area contributed by atoms with Crippen LogP contribution in [0, 0.1) is 5.41 Å². The topological polar surface area (TPSA) is 40.6 Å². The SMILES string of the molecule is CC(=O)CCN1CCN(C(=O)C(C)(C)C)CC1. The summed E-state index contributed by atoms with van der Waals surface area (Å²) >= 11 is 0. The molecular formula is C13H24N2O2. The molecule has 0 bridgehead atoms. The number of ketones is 1. The van der Waals surface area contributed by atoms with Crippen LogP contribution in [0.3, 0.4) is 0 Å². The molecule has 0 unspecified atom stereocenters. The molecule has 98 valence electrons. The minimum absolute atomic E-state index is 0.226. The molecule has 0 atom stereocenters. The highest BCUT2D eigenvalue weighted by molar-refractivity contribution is 5.81. The third-order valence-electron chi connectivity index (χ3n) is 3.08. The van der Waals surface area contributed by atoms with E-state index in [4.69, 9.17) is 0 Å². The minimum atomic E-state index is -0.290. The van der Waals surface area contributed by atoms with Gasteiger partial charge in [-0.05, 0) is 6.92 Å². The summed E-state index contributed by atoms with van der Waals surface area (Å²) in [5, 5.41) is 0. The molecule has 1 rings (SSSR count). The molecule has 1 heterocycles. The van der Waals surface area contributed by atoms with Crippen molar-refractivity contribution in [3.8, 4) is 0 Å². The van der Waals surface area contributed by atoms with Gasteiger partial charge in [0.15, 0.2) is 0 Å². The van der Waals surface area contributed by atoms with Crippen LogP contribution in [0.1, 0.15) is 34.1 Å². The van der Waals surface area contributed by atoms with E-state index in [-0.39, 0.29) is 17.1 Å². The number of hydrogen-bond acceptors (Lipinski definition) is 3. The quantitative estimate of drug-likeness (QED) is 0.743. The average molecular weight is 240 g/mol. The summed E-state index contributed by atoms with van der Waals surface area (Å²) < 4.78 is 0. The van der Waals surface area contributed by atoms with Crippen molar-refractivity contribution in [2.75, 3.05) is 32.7 Å². The van der Waals surface area contributed by atoms with Gasteiger partial charge in [-0.2, -0.15) is 0 Å². The normalized spacial score (nSPS) is 18.2. The predicted octanol–water partition coefficient (Wildman–Crippen LogP) is 1.16. The van der Waals surface area contributed by atoms with E-state index in [2.05, 4.69) is 4.90 Å². The number of piperazine rings is 1. The Kier molecular flexibility index (Phi) is 4.69. The molecule has 0 saturated carbocycles. The van der Waals surface area contributed by atoms with Gasteiger partial charge >= 0.3 is 0 Å². The van der Waals surface area contributed by atoms with E-state index in [1.54, 1.807) is 6.92 Å². The van der Waals surface area contributed by atoms with Crippen molar-refractivity contribution >= 4 is 11.7 Å². The number of carbonyl (C=O) groups excluding carboxylic acids is 2. The average Bonchev–Trinajstić information content (AvgIpc) is 2.25. The van der Waals surface area contributed by atoms with Crippen LogP contribution in [-0.4, -0.2) is 54.2 Å². The summed E-state index contributed by atoms with van der Waals surface area (Å²) in [6, 6.07) is 0. The maximum absolute atomic E-state index is 12.0. The molecule has 1 amide bonds. The van der Waals surface area contributed by atoms with Crippen molar-refractivity contribution in [1.29, 1.82) is 0 Å². The van der Waals surface area contributed by atoms with Crippen LogP contribution >= 0.6 is 0 Å². The monoisotopic (exact) mass is 240 g/mol. The van der Waals surface area contributed by atoms with Crippen molar-refractivity contribution in [2.24, 2.45) is 5.41 Å². The van der Waals surface area contributed by atoms with Crippen molar-refractivity contribution < 1.29 is 9.59 Å². The second-order valence-corrected chi connectivity index (χ2v) is 5.84. The lowest BCUT2D eigenvalue weighted by Crippen LogP contribution is -2.51. The lowest BCUT2D eigenvalue weighted by atomic mass is 9.94. The molecule has 1 fully saturated rings. The van der Waals surface area contributed by atoms with E-state index in [9.17, 15) is 9.59 Å². The number of rotatable bonds is 3. The summed E-state index contributed by atoms with van der Waals surface area (Å²) in [6.07, 6.45) is 0.618. The van der Waals surface area contributed by atoms with Gasteiger partial charge in [0.1, 0.15) is 5.78 Å². The van der Waals surface area contributed by atoms with Crippen LogP contribution in [0.15, 0.2) is 0 Å². The highest BCUT2D eigenvalue weighted by Crippen LogP contribution is 2.18. The summed E-state index contributed by atoms with van der Waals surface area (Å²) in [6.45, 7) is 11.7. The molecule has 0 spiro atoms. The fourth-order valence-electron chi connectivity index (χ4n) is 1.96.